The van der Waals surface area contributed by atoms with E-state index in [-0.39, 0.29) is 0 Å². The van der Waals surface area contributed by atoms with Gasteiger partial charge in [0.25, 0.3) is 0 Å². The molecule has 2 heteroatoms. The zero-order chi connectivity index (χ0) is 11.7. The molecular formula is C14H14ClN. The highest BCUT2D eigenvalue weighted by molar-refractivity contribution is 6.31. The molecule has 0 saturated carbocycles. The van der Waals surface area contributed by atoms with E-state index in [1.54, 1.807) is 0 Å². The van der Waals surface area contributed by atoms with Crippen molar-refractivity contribution in [1.29, 1.82) is 0 Å². The second-order valence-corrected chi connectivity index (χ2v) is 4.45. The standard InChI is InChI=1S/C14H14ClN/c1-9-3-4-11(8-14(9)15)13-6-5-12(16)7-10(13)2/h3-8H,16H2,1-2H3. The lowest BCUT2D eigenvalue weighted by atomic mass is 9.99. The average molecular weight is 232 g/mol. The zero-order valence-electron chi connectivity index (χ0n) is 9.42. The molecule has 0 unspecified atom stereocenters. The van der Waals surface area contributed by atoms with Crippen molar-refractivity contribution in [2.45, 2.75) is 13.8 Å². The summed E-state index contributed by atoms with van der Waals surface area (Å²) in [6, 6.07) is 12.0. The Hall–Kier alpha value is -1.47. The fourth-order valence-corrected chi connectivity index (χ4v) is 1.95. The van der Waals surface area contributed by atoms with E-state index in [2.05, 4.69) is 13.0 Å². The smallest absolute Gasteiger partial charge is 0.0441 e. The van der Waals surface area contributed by atoms with E-state index in [4.69, 9.17) is 17.3 Å². The first-order valence-electron chi connectivity index (χ1n) is 5.20. The van der Waals surface area contributed by atoms with Crippen LogP contribution in [0.1, 0.15) is 11.1 Å². The van der Waals surface area contributed by atoms with E-state index >= 15 is 0 Å². The van der Waals surface area contributed by atoms with E-state index < -0.39 is 0 Å². The second kappa shape index (κ2) is 4.18. The molecule has 0 spiro atoms. The summed E-state index contributed by atoms with van der Waals surface area (Å²) in [6.45, 7) is 4.06. The fourth-order valence-electron chi connectivity index (χ4n) is 1.77. The Morgan fingerprint density at radius 2 is 1.69 bits per heavy atom. The van der Waals surface area contributed by atoms with Crippen molar-refractivity contribution < 1.29 is 0 Å². The molecule has 2 rings (SSSR count). The topological polar surface area (TPSA) is 26.0 Å². The Balaban J connectivity index is 2.54. The van der Waals surface area contributed by atoms with Crippen LogP contribution in [0.3, 0.4) is 0 Å². The predicted molar refractivity (Wildman–Crippen MR) is 70.8 cm³/mol. The highest BCUT2D eigenvalue weighted by Crippen LogP contribution is 2.28. The molecule has 82 valence electrons. The minimum atomic E-state index is 0.791. The lowest BCUT2D eigenvalue weighted by Crippen LogP contribution is -1.89. The SMILES string of the molecule is Cc1ccc(-c2ccc(N)cc2C)cc1Cl. The van der Waals surface area contributed by atoms with E-state index in [1.807, 2.05) is 37.3 Å². The van der Waals surface area contributed by atoms with E-state index in [0.717, 1.165) is 21.8 Å². The minimum absolute atomic E-state index is 0.791. The molecular weight excluding hydrogens is 218 g/mol. The van der Waals surface area contributed by atoms with Gasteiger partial charge in [-0.1, -0.05) is 29.8 Å². The van der Waals surface area contributed by atoms with Crippen LogP contribution in [0.25, 0.3) is 11.1 Å². The summed E-state index contributed by atoms with van der Waals surface area (Å²) in [5, 5.41) is 0.800. The molecule has 0 fully saturated rings. The third-order valence-corrected chi connectivity index (χ3v) is 3.14. The summed E-state index contributed by atoms with van der Waals surface area (Å²) in [4.78, 5) is 0. The number of hydrogen-bond acceptors (Lipinski definition) is 1. The zero-order valence-corrected chi connectivity index (χ0v) is 10.2. The molecule has 0 heterocycles. The molecule has 2 aromatic carbocycles. The van der Waals surface area contributed by atoms with Gasteiger partial charge in [-0.25, -0.2) is 0 Å². The number of nitrogen functional groups attached to an aromatic ring is 1. The monoisotopic (exact) mass is 231 g/mol. The minimum Gasteiger partial charge on any atom is -0.399 e. The van der Waals surface area contributed by atoms with Crippen molar-refractivity contribution in [3.05, 3.63) is 52.5 Å². The molecule has 1 nitrogen and oxygen atoms in total. The number of halogens is 1. The largest absolute Gasteiger partial charge is 0.399 e. The Labute approximate surface area is 101 Å². The predicted octanol–water partition coefficient (Wildman–Crippen LogP) is 4.21. The summed E-state index contributed by atoms with van der Waals surface area (Å²) in [5.74, 6) is 0. The van der Waals surface area contributed by atoms with Crippen LogP contribution in [0, 0.1) is 13.8 Å². The van der Waals surface area contributed by atoms with Gasteiger partial charge >= 0.3 is 0 Å². The van der Waals surface area contributed by atoms with Gasteiger partial charge in [-0.2, -0.15) is 0 Å². The van der Waals surface area contributed by atoms with E-state index in [9.17, 15) is 0 Å². The van der Waals surface area contributed by atoms with Gasteiger partial charge in [0.05, 0.1) is 0 Å². The van der Waals surface area contributed by atoms with Crippen molar-refractivity contribution in [2.75, 3.05) is 5.73 Å². The van der Waals surface area contributed by atoms with Gasteiger partial charge < -0.3 is 5.73 Å². The molecule has 0 aliphatic heterocycles. The molecule has 2 aromatic rings. The summed E-state index contributed by atoms with van der Waals surface area (Å²) in [5.41, 5.74) is 11.1. The van der Waals surface area contributed by atoms with Crippen LogP contribution in [-0.2, 0) is 0 Å². The molecule has 0 bridgehead atoms. The molecule has 0 radical (unpaired) electrons. The fraction of sp³-hybridized carbons (Fsp3) is 0.143. The van der Waals surface area contributed by atoms with Crippen LogP contribution < -0.4 is 5.73 Å². The number of anilines is 1. The van der Waals surface area contributed by atoms with Crippen LogP contribution in [0.15, 0.2) is 36.4 Å². The lowest BCUT2D eigenvalue weighted by Gasteiger charge is -2.08. The van der Waals surface area contributed by atoms with Crippen LogP contribution in [0.4, 0.5) is 5.69 Å². The van der Waals surface area contributed by atoms with Crippen molar-refractivity contribution >= 4 is 17.3 Å². The second-order valence-electron chi connectivity index (χ2n) is 4.04. The first-order valence-corrected chi connectivity index (χ1v) is 5.58. The molecule has 16 heavy (non-hydrogen) atoms. The average Bonchev–Trinajstić information content (AvgIpc) is 2.22. The van der Waals surface area contributed by atoms with E-state index in [0.29, 0.717) is 0 Å². The van der Waals surface area contributed by atoms with Gasteiger partial charge in [-0.05, 0) is 54.3 Å². The summed E-state index contributed by atoms with van der Waals surface area (Å²) >= 11 is 6.12. The number of rotatable bonds is 1. The first-order chi connectivity index (χ1) is 7.58. The summed E-state index contributed by atoms with van der Waals surface area (Å²) < 4.78 is 0. The maximum Gasteiger partial charge on any atom is 0.0441 e. The van der Waals surface area contributed by atoms with Gasteiger partial charge in [0.2, 0.25) is 0 Å². The Kier molecular flexibility index (Phi) is 2.88. The number of nitrogens with two attached hydrogens (primary N) is 1. The third kappa shape index (κ3) is 2.05. The first kappa shape index (κ1) is 11.0. The Morgan fingerprint density at radius 1 is 0.938 bits per heavy atom. The highest BCUT2D eigenvalue weighted by Gasteiger charge is 2.04. The lowest BCUT2D eigenvalue weighted by molar-refractivity contribution is 1.43. The van der Waals surface area contributed by atoms with Crippen molar-refractivity contribution in [2.24, 2.45) is 0 Å². The summed E-state index contributed by atoms with van der Waals surface area (Å²) in [6.07, 6.45) is 0. The van der Waals surface area contributed by atoms with Gasteiger partial charge in [0.1, 0.15) is 0 Å². The van der Waals surface area contributed by atoms with Crippen LogP contribution in [0.2, 0.25) is 5.02 Å². The molecule has 0 amide bonds. The molecule has 0 aliphatic rings. The van der Waals surface area contributed by atoms with Gasteiger partial charge in [0.15, 0.2) is 0 Å². The summed E-state index contributed by atoms with van der Waals surface area (Å²) in [7, 11) is 0. The molecule has 0 saturated heterocycles. The van der Waals surface area contributed by atoms with Gasteiger partial charge in [-0.3, -0.25) is 0 Å². The molecule has 0 aliphatic carbocycles. The Morgan fingerprint density at radius 3 is 2.31 bits per heavy atom. The number of benzene rings is 2. The normalized spacial score (nSPS) is 10.4. The van der Waals surface area contributed by atoms with Crippen LogP contribution >= 0.6 is 11.6 Å². The van der Waals surface area contributed by atoms with Crippen LogP contribution in [0.5, 0.6) is 0 Å². The van der Waals surface area contributed by atoms with Crippen molar-refractivity contribution in [1.82, 2.24) is 0 Å². The third-order valence-electron chi connectivity index (χ3n) is 2.73. The van der Waals surface area contributed by atoms with Gasteiger partial charge in [-0.15, -0.1) is 0 Å². The van der Waals surface area contributed by atoms with Crippen molar-refractivity contribution in [3.63, 3.8) is 0 Å². The van der Waals surface area contributed by atoms with E-state index in [1.165, 1.54) is 11.1 Å². The van der Waals surface area contributed by atoms with Gasteiger partial charge in [0, 0.05) is 10.7 Å². The van der Waals surface area contributed by atoms with Crippen molar-refractivity contribution in [3.8, 4) is 11.1 Å². The maximum atomic E-state index is 6.12. The Bertz CT molecular complexity index is 532. The number of hydrogen-bond donors (Lipinski definition) is 1. The molecule has 0 aromatic heterocycles. The molecule has 2 N–H and O–H groups in total. The number of aryl methyl sites for hydroxylation is 2. The molecule has 0 atom stereocenters. The van der Waals surface area contributed by atoms with Crippen LogP contribution in [-0.4, -0.2) is 0 Å². The quantitative estimate of drug-likeness (QED) is 0.732. The maximum absolute atomic E-state index is 6.12. The highest BCUT2D eigenvalue weighted by atomic mass is 35.5.